The Balaban J connectivity index is 0.00000176. The Morgan fingerprint density at radius 1 is 1.27 bits per heavy atom. The van der Waals surface area contributed by atoms with Gasteiger partial charge in [-0.2, -0.15) is 0 Å². The van der Waals surface area contributed by atoms with Crippen LogP contribution in [0, 0.1) is 5.82 Å². The van der Waals surface area contributed by atoms with Crippen molar-refractivity contribution in [3.05, 3.63) is 52.8 Å². The number of fused-ring (bicyclic) bond motifs is 1. The molecule has 0 saturated carbocycles. The second kappa shape index (κ2) is 7.32. The van der Waals surface area contributed by atoms with Crippen LogP contribution >= 0.6 is 24.0 Å². The molecular formula is C17H18Cl2FNO. The summed E-state index contributed by atoms with van der Waals surface area (Å²) in [5, 5.41) is 3.73. The third kappa shape index (κ3) is 3.37. The van der Waals surface area contributed by atoms with Crippen LogP contribution in [-0.2, 0) is 6.42 Å². The third-order valence-electron chi connectivity index (χ3n) is 3.75. The molecule has 3 rings (SSSR count). The fourth-order valence-electron chi connectivity index (χ4n) is 2.77. The maximum Gasteiger partial charge on any atom is 0.131 e. The Morgan fingerprint density at radius 3 is 2.77 bits per heavy atom. The minimum Gasteiger partial charge on any atom is -0.488 e. The van der Waals surface area contributed by atoms with Crippen molar-refractivity contribution in [2.45, 2.75) is 18.9 Å². The van der Waals surface area contributed by atoms with Crippen LogP contribution in [-0.4, -0.2) is 19.7 Å². The first-order chi connectivity index (χ1) is 10.2. The molecular weight excluding hydrogens is 324 g/mol. The van der Waals surface area contributed by atoms with Crippen LogP contribution in [0.15, 0.2) is 36.4 Å². The van der Waals surface area contributed by atoms with Gasteiger partial charge in [-0.15, -0.1) is 12.4 Å². The van der Waals surface area contributed by atoms with Crippen LogP contribution in [0.2, 0.25) is 5.02 Å². The number of hydrogen-bond acceptors (Lipinski definition) is 2. The quantitative estimate of drug-likeness (QED) is 0.888. The molecule has 118 valence electrons. The normalized spacial score (nSPS) is 16.4. The molecule has 5 heteroatoms. The lowest BCUT2D eigenvalue weighted by Crippen LogP contribution is -2.32. The fraction of sp³-hybridized carbons (Fsp3) is 0.294. The summed E-state index contributed by atoms with van der Waals surface area (Å²) in [6, 6.07) is 10.5. The zero-order valence-electron chi connectivity index (χ0n) is 12.2. The summed E-state index contributed by atoms with van der Waals surface area (Å²) >= 11 is 6.26. The number of aryl methyl sites for hydroxylation is 1. The van der Waals surface area contributed by atoms with E-state index in [4.69, 9.17) is 16.3 Å². The Morgan fingerprint density at radius 2 is 2.05 bits per heavy atom. The van der Waals surface area contributed by atoms with Crippen molar-refractivity contribution < 1.29 is 9.13 Å². The van der Waals surface area contributed by atoms with E-state index in [1.807, 2.05) is 31.3 Å². The van der Waals surface area contributed by atoms with E-state index < -0.39 is 0 Å². The highest BCUT2D eigenvalue weighted by molar-refractivity contribution is 6.33. The lowest BCUT2D eigenvalue weighted by atomic mass is 9.95. The second-order valence-corrected chi connectivity index (χ2v) is 5.66. The first kappa shape index (κ1) is 17.1. The minimum absolute atomic E-state index is 0. The van der Waals surface area contributed by atoms with E-state index in [2.05, 4.69) is 5.32 Å². The van der Waals surface area contributed by atoms with Crippen LogP contribution in [0.3, 0.4) is 0 Å². The summed E-state index contributed by atoms with van der Waals surface area (Å²) in [6.07, 6.45) is 1.81. The molecule has 0 spiro atoms. The number of ether oxygens (including phenoxy) is 1. The van der Waals surface area contributed by atoms with Crippen molar-refractivity contribution in [2.24, 2.45) is 0 Å². The number of hydrogen-bond donors (Lipinski definition) is 1. The van der Waals surface area contributed by atoms with Gasteiger partial charge in [0.05, 0.1) is 0 Å². The molecule has 0 aliphatic carbocycles. The topological polar surface area (TPSA) is 21.3 Å². The van der Waals surface area contributed by atoms with Crippen molar-refractivity contribution in [3.8, 4) is 16.9 Å². The van der Waals surface area contributed by atoms with Crippen molar-refractivity contribution in [1.82, 2.24) is 5.32 Å². The third-order valence-corrected chi connectivity index (χ3v) is 4.08. The lowest BCUT2D eigenvalue weighted by Gasteiger charge is -2.28. The van der Waals surface area contributed by atoms with Crippen molar-refractivity contribution in [2.75, 3.05) is 13.6 Å². The number of nitrogens with one attached hydrogen (secondary N) is 1. The first-order valence-corrected chi connectivity index (χ1v) is 7.45. The Hall–Kier alpha value is -1.29. The van der Waals surface area contributed by atoms with Gasteiger partial charge in [0.25, 0.3) is 0 Å². The van der Waals surface area contributed by atoms with Crippen LogP contribution < -0.4 is 10.1 Å². The highest BCUT2D eigenvalue weighted by atomic mass is 35.5. The number of likely N-dealkylation sites (N-methyl/N-ethyl adjacent to an activating group) is 1. The molecule has 1 atom stereocenters. The molecule has 0 bridgehead atoms. The second-order valence-electron chi connectivity index (χ2n) is 5.26. The van der Waals surface area contributed by atoms with E-state index in [1.54, 1.807) is 6.07 Å². The van der Waals surface area contributed by atoms with Gasteiger partial charge in [-0.1, -0.05) is 29.8 Å². The van der Waals surface area contributed by atoms with E-state index in [0.717, 1.165) is 41.8 Å². The van der Waals surface area contributed by atoms with Crippen molar-refractivity contribution in [3.63, 3.8) is 0 Å². The summed E-state index contributed by atoms with van der Waals surface area (Å²) in [5.74, 6) is 0.510. The summed E-state index contributed by atoms with van der Waals surface area (Å²) < 4.78 is 20.0. The van der Waals surface area contributed by atoms with Gasteiger partial charge in [0.1, 0.15) is 17.7 Å². The van der Waals surface area contributed by atoms with E-state index in [-0.39, 0.29) is 24.3 Å². The Bertz CT molecular complexity index is 663. The van der Waals surface area contributed by atoms with Crippen molar-refractivity contribution in [1.29, 1.82) is 0 Å². The van der Waals surface area contributed by atoms with Gasteiger partial charge >= 0.3 is 0 Å². The van der Waals surface area contributed by atoms with Gasteiger partial charge in [0.2, 0.25) is 0 Å². The SMILES string of the molecule is CNC[C@H]1CCc2cc(F)cc(-c3ccccc3Cl)c2O1.Cl. The van der Waals surface area contributed by atoms with Gasteiger partial charge in [0, 0.05) is 22.7 Å². The maximum atomic E-state index is 13.9. The predicted molar refractivity (Wildman–Crippen MR) is 90.8 cm³/mol. The van der Waals surface area contributed by atoms with Crippen LogP contribution in [0.25, 0.3) is 11.1 Å². The van der Waals surface area contributed by atoms with Gasteiger partial charge in [0.15, 0.2) is 0 Å². The summed E-state index contributed by atoms with van der Waals surface area (Å²) in [7, 11) is 1.90. The molecule has 0 unspecified atom stereocenters. The molecule has 2 nitrogen and oxygen atoms in total. The summed E-state index contributed by atoms with van der Waals surface area (Å²) in [6.45, 7) is 0.777. The van der Waals surface area contributed by atoms with Crippen molar-refractivity contribution >= 4 is 24.0 Å². The zero-order valence-corrected chi connectivity index (χ0v) is 13.8. The molecule has 0 saturated heterocycles. The molecule has 0 aromatic heterocycles. The predicted octanol–water partition coefficient (Wildman–Crippen LogP) is 4.48. The van der Waals surface area contributed by atoms with Crippen LogP contribution in [0.5, 0.6) is 5.75 Å². The molecule has 1 heterocycles. The number of rotatable bonds is 3. The zero-order chi connectivity index (χ0) is 14.8. The summed E-state index contributed by atoms with van der Waals surface area (Å²) in [5.41, 5.74) is 2.45. The molecule has 0 amide bonds. The minimum atomic E-state index is -0.251. The maximum absolute atomic E-state index is 13.9. The lowest BCUT2D eigenvalue weighted by molar-refractivity contribution is 0.174. The average molecular weight is 342 g/mol. The van der Waals surface area contributed by atoms with Gasteiger partial charge < -0.3 is 10.1 Å². The largest absolute Gasteiger partial charge is 0.488 e. The van der Waals surface area contributed by atoms with Gasteiger partial charge in [-0.3, -0.25) is 0 Å². The molecule has 1 aliphatic heterocycles. The first-order valence-electron chi connectivity index (χ1n) is 7.07. The Kier molecular flexibility index (Phi) is 5.68. The van der Waals surface area contributed by atoms with E-state index in [9.17, 15) is 4.39 Å². The van der Waals surface area contributed by atoms with Crippen LogP contribution in [0.1, 0.15) is 12.0 Å². The smallest absolute Gasteiger partial charge is 0.131 e. The molecule has 22 heavy (non-hydrogen) atoms. The molecule has 1 aliphatic rings. The van der Waals surface area contributed by atoms with E-state index in [0.29, 0.717) is 5.02 Å². The average Bonchev–Trinajstić information content (AvgIpc) is 2.48. The fourth-order valence-corrected chi connectivity index (χ4v) is 3.01. The van der Waals surface area contributed by atoms with Gasteiger partial charge in [-0.05, 0) is 43.7 Å². The highest BCUT2D eigenvalue weighted by Gasteiger charge is 2.24. The molecule has 2 aromatic rings. The van der Waals surface area contributed by atoms with E-state index in [1.165, 1.54) is 6.07 Å². The van der Waals surface area contributed by atoms with Gasteiger partial charge in [-0.25, -0.2) is 4.39 Å². The number of benzene rings is 2. The van der Waals surface area contributed by atoms with E-state index >= 15 is 0 Å². The summed E-state index contributed by atoms with van der Waals surface area (Å²) in [4.78, 5) is 0. The Labute approximate surface area is 141 Å². The highest BCUT2D eigenvalue weighted by Crippen LogP contribution is 2.40. The molecule has 0 fully saturated rings. The van der Waals surface area contributed by atoms with Crippen LogP contribution in [0.4, 0.5) is 4.39 Å². The molecule has 1 N–H and O–H groups in total. The molecule has 0 radical (unpaired) electrons. The standard InChI is InChI=1S/C17H17ClFNO.ClH/c1-20-10-13-7-6-11-8-12(19)9-15(17(11)21-13)14-4-2-3-5-16(14)18;/h2-5,8-9,13,20H,6-7,10H2,1H3;1H/t13-;/m1./s1. The number of halogens is 3. The molecule has 2 aromatic carbocycles. The monoisotopic (exact) mass is 341 g/mol.